The Balaban J connectivity index is 1.43. The van der Waals surface area contributed by atoms with E-state index in [4.69, 9.17) is 0 Å². The lowest BCUT2D eigenvalue weighted by atomic mass is 10.2. The van der Waals surface area contributed by atoms with E-state index in [2.05, 4.69) is 27.1 Å². The molecule has 6 heteroatoms. The van der Waals surface area contributed by atoms with Crippen LogP contribution in [0.15, 0.2) is 24.3 Å². The molecule has 1 aromatic heterocycles. The maximum absolute atomic E-state index is 12.9. The number of amides is 1. The predicted octanol–water partition coefficient (Wildman–Crippen LogP) is 1.95. The van der Waals surface area contributed by atoms with Gasteiger partial charge in [0.15, 0.2) is 0 Å². The van der Waals surface area contributed by atoms with Gasteiger partial charge in [-0.1, -0.05) is 18.2 Å². The Morgan fingerprint density at radius 3 is 2.88 bits per heavy atom. The molecule has 6 nitrogen and oxygen atoms in total. The van der Waals surface area contributed by atoms with Crippen molar-refractivity contribution in [2.24, 2.45) is 0 Å². The van der Waals surface area contributed by atoms with E-state index in [0.29, 0.717) is 12.6 Å². The van der Waals surface area contributed by atoms with Crippen LogP contribution in [0, 0.1) is 13.8 Å². The normalized spacial score (nSPS) is 20.2. The van der Waals surface area contributed by atoms with Crippen molar-refractivity contribution < 1.29 is 4.79 Å². The lowest BCUT2D eigenvalue weighted by Gasteiger charge is -2.26. The number of nitrogens with zero attached hydrogens (tertiary/aromatic N) is 5. The van der Waals surface area contributed by atoms with Crippen molar-refractivity contribution in [3.63, 3.8) is 0 Å². The highest BCUT2D eigenvalue weighted by molar-refractivity contribution is 5.96. The summed E-state index contributed by atoms with van der Waals surface area (Å²) >= 11 is 0. The summed E-state index contributed by atoms with van der Waals surface area (Å²) in [5, 5.41) is 4.48. The van der Waals surface area contributed by atoms with Gasteiger partial charge < -0.3 is 4.90 Å². The van der Waals surface area contributed by atoms with Gasteiger partial charge in [0.2, 0.25) is 5.91 Å². The summed E-state index contributed by atoms with van der Waals surface area (Å²) in [5.74, 6) is 1.97. The molecule has 4 rings (SSSR count). The average molecular weight is 339 g/mol. The topological polar surface area (TPSA) is 54.3 Å². The van der Waals surface area contributed by atoms with Crippen molar-refractivity contribution in [3.05, 3.63) is 41.5 Å². The number of likely N-dealkylation sites (tertiary alicyclic amines) is 1. The van der Waals surface area contributed by atoms with Crippen LogP contribution in [0.5, 0.6) is 0 Å². The molecule has 1 atom stereocenters. The minimum absolute atomic E-state index is 0.211. The summed E-state index contributed by atoms with van der Waals surface area (Å²) in [4.78, 5) is 21.5. The van der Waals surface area contributed by atoms with E-state index in [1.807, 2.05) is 35.6 Å². The van der Waals surface area contributed by atoms with Crippen molar-refractivity contribution in [1.29, 1.82) is 0 Å². The fourth-order valence-corrected chi connectivity index (χ4v) is 4.10. The number of benzene rings is 1. The summed E-state index contributed by atoms with van der Waals surface area (Å²) < 4.78 is 1.98. The quantitative estimate of drug-likeness (QED) is 0.854. The van der Waals surface area contributed by atoms with Gasteiger partial charge in [-0.25, -0.2) is 9.67 Å². The molecule has 0 N–H and O–H groups in total. The predicted molar refractivity (Wildman–Crippen MR) is 96.6 cm³/mol. The van der Waals surface area contributed by atoms with Gasteiger partial charge in [-0.05, 0) is 51.3 Å². The molecular formula is C19H25N5O. The number of anilines is 1. The van der Waals surface area contributed by atoms with Gasteiger partial charge in [-0.3, -0.25) is 9.69 Å². The number of aryl methyl sites for hydroxylation is 2. The average Bonchev–Trinajstić information content (AvgIpc) is 3.28. The lowest BCUT2D eigenvalue weighted by molar-refractivity contribution is -0.119. The number of aromatic nitrogens is 3. The zero-order valence-corrected chi connectivity index (χ0v) is 15.0. The lowest BCUT2D eigenvalue weighted by Crippen LogP contribution is -2.43. The first-order valence-corrected chi connectivity index (χ1v) is 9.12. The van der Waals surface area contributed by atoms with Crippen LogP contribution in [-0.4, -0.2) is 51.2 Å². The van der Waals surface area contributed by atoms with Gasteiger partial charge >= 0.3 is 0 Å². The van der Waals surface area contributed by atoms with Crippen LogP contribution < -0.4 is 4.90 Å². The second kappa shape index (κ2) is 6.59. The second-order valence-corrected chi connectivity index (χ2v) is 7.08. The molecule has 0 aliphatic carbocycles. The second-order valence-electron chi connectivity index (χ2n) is 7.08. The molecule has 1 saturated heterocycles. The molecule has 132 valence electrons. The number of fused-ring (bicyclic) bond motifs is 1. The van der Waals surface area contributed by atoms with Crippen molar-refractivity contribution in [2.75, 3.05) is 24.5 Å². The molecule has 0 bridgehead atoms. The molecule has 2 aliphatic heterocycles. The highest BCUT2D eigenvalue weighted by atomic mass is 16.2. The van der Waals surface area contributed by atoms with Gasteiger partial charge in [-0.15, -0.1) is 0 Å². The Bertz CT molecular complexity index is 784. The number of rotatable bonds is 4. The molecule has 0 saturated carbocycles. The minimum atomic E-state index is 0.211. The van der Waals surface area contributed by atoms with Crippen LogP contribution in [0.25, 0.3) is 0 Å². The molecule has 1 fully saturated rings. The van der Waals surface area contributed by atoms with Crippen LogP contribution in [0.4, 0.5) is 5.69 Å². The van der Waals surface area contributed by atoms with E-state index in [1.165, 1.54) is 5.56 Å². The van der Waals surface area contributed by atoms with Crippen LogP contribution in [0.3, 0.4) is 0 Å². The van der Waals surface area contributed by atoms with E-state index in [1.54, 1.807) is 0 Å². The zero-order valence-electron chi connectivity index (χ0n) is 15.0. The number of carbonyl (C=O) groups is 1. The number of carbonyl (C=O) groups excluding carboxylic acids is 1. The van der Waals surface area contributed by atoms with Crippen molar-refractivity contribution >= 4 is 11.6 Å². The van der Waals surface area contributed by atoms with Gasteiger partial charge in [0.05, 0.1) is 13.1 Å². The number of hydrogen-bond acceptors (Lipinski definition) is 4. The van der Waals surface area contributed by atoms with E-state index in [0.717, 1.165) is 56.2 Å². The SMILES string of the molecule is Cc1nc(C)n(C[C@@H]2CCCN2CC(=O)N2CCc3ccccc32)n1. The molecule has 3 heterocycles. The van der Waals surface area contributed by atoms with E-state index >= 15 is 0 Å². The molecule has 25 heavy (non-hydrogen) atoms. The number of para-hydroxylation sites is 1. The summed E-state index contributed by atoms with van der Waals surface area (Å²) in [7, 11) is 0. The standard InChI is InChI=1S/C19H25N5O/c1-14-20-15(2)24(21-14)12-17-7-5-10-22(17)13-19(25)23-11-9-16-6-3-4-8-18(16)23/h3-4,6,8,17H,5,7,9-13H2,1-2H3/t17-/m0/s1. The first-order valence-electron chi connectivity index (χ1n) is 9.12. The molecule has 2 aliphatic rings. The van der Waals surface area contributed by atoms with Gasteiger partial charge in [0.25, 0.3) is 0 Å². The highest BCUT2D eigenvalue weighted by Crippen LogP contribution is 2.28. The summed E-state index contributed by atoms with van der Waals surface area (Å²) in [6, 6.07) is 8.60. The Kier molecular flexibility index (Phi) is 4.29. The molecule has 2 aromatic rings. The first-order chi connectivity index (χ1) is 12.1. The van der Waals surface area contributed by atoms with Crippen LogP contribution >= 0.6 is 0 Å². The van der Waals surface area contributed by atoms with Crippen molar-refractivity contribution in [2.45, 2.75) is 45.7 Å². The van der Waals surface area contributed by atoms with Gasteiger partial charge in [0.1, 0.15) is 11.6 Å². The zero-order chi connectivity index (χ0) is 17.4. The van der Waals surface area contributed by atoms with Gasteiger partial charge in [0, 0.05) is 18.3 Å². The summed E-state index contributed by atoms with van der Waals surface area (Å²) in [5.41, 5.74) is 2.37. The third-order valence-corrected chi connectivity index (χ3v) is 5.37. The fourth-order valence-electron chi connectivity index (χ4n) is 4.10. The van der Waals surface area contributed by atoms with E-state index < -0.39 is 0 Å². The van der Waals surface area contributed by atoms with Crippen molar-refractivity contribution in [3.8, 4) is 0 Å². The Labute approximate surface area is 148 Å². The van der Waals surface area contributed by atoms with E-state index in [-0.39, 0.29) is 5.91 Å². The van der Waals surface area contributed by atoms with Gasteiger partial charge in [-0.2, -0.15) is 5.10 Å². The van der Waals surface area contributed by atoms with E-state index in [9.17, 15) is 4.79 Å². The van der Waals surface area contributed by atoms with Crippen LogP contribution in [0.1, 0.15) is 30.1 Å². The first kappa shape index (κ1) is 16.3. The molecular weight excluding hydrogens is 314 g/mol. The molecule has 0 spiro atoms. The molecule has 0 radical (unpaired) electrons. The molecule has 1 amide bonds. The maximum Gasteiger partial charge on any atom is 0.241 e. The third kappa shape index (κ3) is 3.18. The Hall–Kier alpha value is -2.21. The summed E-state index contributed by atoms with van der Waals surface area (Å²) in [6.45, 7) is 7.01. The van der Waals surface area contributed by atoms with Crippen LogP contribution in [0.2, 0.25) is 0 Å². The Morgan fingerprint density at radius 1 is 1.24 bits per heavy atom. The largest absolute Gasteiger partial charge is 0.311 e. The third-order valence-electron chi connectivity index (χ3n) is 5.37. The van der Waals surface area contributed by atoms with Crippen molar-refractivity contribution in [1.82, 2.24) is 19.7 Å². The fraction of sp³-hybridized carbons (Fsp3) is 0.526. The molecule has 1 aromatic carbocycles. The highest BCUT2D eigenvalue weighted by Gasteiger charge is 2.31. The molecule has 0 unspecified atom stereocenters. The number of hydrogen-bond donors (Lipinski definition) is 0. The smallest absolute Gasteiger partial charge is 0.241 e. The maximum atomic E-state index is 12.9. The minimum Gasteiger partial charge on any atom is -0.311 e. The van der Waals surface area contributed by atoms with Crippen LogP contribution in [-0.2, 0) is 17.8 Å². The monoisotopic (exact) mass is 339 g/mol. The Morgan fingerprint density at radius 2 is 2.08 bits per heavy atom. The summed E-state index contributed by atoms with van der Waals surface area (Å²) in [6.07, 6.45) is 3.21.